The molecule has 1 atom stereocenters. The number of amides is 1. The van der Waals surface area contributed by atoms with E-state index in [0.29, 0.717) is 17.5 Å². The van der Waals surface area contributed by atoms with Crippen molar-refractivity contribution in [2.45, 2.75) is 31.7 Å². The molecule has 1 aromatic heterocycles. The quantitative estimate of drug-likeness (QED) is 0.395. The Balaban J connectivity index is 1.33. The van der Waals surface area contributed by atoms with Gasteiger partial charge in [-0.3, -0.25) is 4.79 Å². The van der Waals surface area contributed by atoms with Gasteiger partial charge in [0.2, 0.25) is 5.95 Å². The minimum Gasteiger partial charge on any atom is -0.378 e. The Kier molecular flexibility index (Phi) is 7.08. The first-order valence-corrected chi connectivity index (χ1v) is 12.4. The summed E-state index contributed by atoms with van der Waals surface area (Å²) < 4.78 is 5.47. The lowest BCUT2D eigenvalue weighted by Gasteiger charge is -2.29. The molecule has 2 aliphatic rings. The molecule has 5 N–H and O–H groups in total. The molecule has 9 nitrogen and oxygen atoms in total. The van der Waals surface area contributed by atoms with E-state index in [1.165, 1.54) is 11.9 Å². The summed E-state index contributed by atoms with van der Waals surface area (Å²) in [4.78, 5) is 23.1. The molecule has 1 aliphatic carbocycles. The molecule has 2 fully saturated rings. The van der Waals surface area contributed by atoms with Crippen molar-refractivity contribution in [1.29, 1.82) is 5.41 Å². The largest absolute Gasteiger partial charge is 0.378 e. The summed E-state index contributed by atoms with van der Waals surface area (Å²) in [6.07, 6.45) is 5.18. The van der Waals surface area contributed by atoms with Crippen molar-refractivity contribution in [3.05, 3.63) is 60.3 Å². The predicted octanol–water partition coefficient (Wildman–Crippen LogP) is 4.20. The van der Waals surface area contributed by atoms with Crippen LogP contribution in [0.15, 0.2) is 54.7 Å². The summed E-state index contributed by atoms with van der Waals surface area (Å²) in [6.45, 7) is 3.29. The predicted molar refractivity (Wildman–Crippen MR) is 142 cm³/mol. The smallest absolute Gasteiger partial charge is 0.254 e. The van der Waals surface area contributed by atoms with Gasteiger partial charge in [-0.05, 0) is 54.7 Å². The van der Waals surface area contributed by atoms with Gasteiger partial charge >= 0.3 is 0 Å². The van der Waals surface area contributed by atoms with E-state index in [1.807, 2.05) is 24.3 Å². The van der Waals surface area contributed by atoms with E-state index < -0.39 is 5.91 Å². The SMILES string of the molecule is N=C1CCCC[C@H]1Nc1ncc(C(N)=O)c(Nc2ccc(-c3cccc(N4CCOCC4)c3)cc2)n1. The third-order valence-corrected chi connectivity index (χ3v) is 6.67. The Morgan fingerprint density at radius 2 is 1.89 bits per heavy atom. The third kappa shape index (κ3) is 5.46. The number of morpholine rings is 1. The summed E-state index contributed by atoms with van der Waals surface area (Å²) in [5.74, 6) is 0.103. The van der Waals surface area contributed by atoms with E-state index in [9.17, 15) is 4.79 Å². The fraction of sp³-hybridized carbons (Fsp3) is 0.333. The van der Waals surface area contributed by atoms with Gasteiger partial charge in [-0.15, -0.1) is 0 Å². The van der Waals surface area contributed by atoms with E-state index in [0.717, 1.165) is 68.8 Å². The zero-order valence-corrected chi connectivity index (χ0v) is 20.2. The van der Waals surface area contributed by atoms with Crippen molar-refractivity contribution in [3.8, 4) is 11.1 Å². The number of ether oxygens (including phenoxy) is 1. The average molecular weight is 486 g/mol. The maximum Gasteiger partial charge on any atom is 0.254 e. The normalized spacial score (nSPS) is 18.1. The number of benzene rings is 2. The minimum absolute atomic E-state index is 0.0847. The lowest BCUT2D eigenvalue weighted by atomic mass is 9.93. The summed E-state index contributed by atoms with van der Waals surface area (Å²) in [5.41, 5.74) is 10.6. The van der Waals surface area contributed by atoms with Crippen molar-refractivity contribution < 1.29 is 9.53 Å². The van der Waals surface area contributed by atoms with Crippen LogP contribution < -0.4 is 21.3 Å². The van der Waals surface area contributed by atoms with Crippen LogP contribution in [0.1, 0.15) is 36.0 Å². The van der Waals surface area contributed by atoms with Crippen LogP contribution in [-0.2, 0) is 4.74 Å². The first-order chi connectivity index (χ1) is 17.6. The average Bonchev–Trinajstić information content (AvgIpc) is 2.91. The van der Waals surface area contributed by atoms with Crippen LogP contribution in [0.3, 0.4) is 0 Å². The Bertz CT molecular complexity index is 1240. The van der Waals surface area contributed by atoms with Crippen LogP contribution in [0.25, 0.3) is 11.1 Å². The highest BCUT2D eigenvalue weighted by Gasteiger charge is 2.21. The highest BCUT2D eigenvalue weighted by Crippen LogP contribution is 2.28. The topological polar surface area (TPSA) is 129 Å². The van der Waals surface area contributed by atoms with Gasteiger partial charge in [0.05, 0.1) is 19.3 Å². The van der Waals surface area contributed by atoms with Crippen molar-refractivity contribution in [2.75, 3.05) is 41.8 Å². The van der Waals surface area contributed by atoms with Crippen molar-refractivity contribution in [3.63, 3.8) is 0 Å². The van der Waals surface area contributed by atoms with Gasteiger partial charge in [0.25, 0.3) is 5.91 Å². The van der Waals surface area contributed by atoms with Gasteiger partial charge < -0.3 is 31.4 Å². The summed E-state index contributed by atoms with van der Waals surface area (Å²) in [6, 6.07) is 16.4. The second kappa shape index (κ2) is 10.7. The molecule has 1 saturated carbocycles. The molecule has 36 heavy (non-hydrogen) atoms. The van der Waals surface area contributed by atoms with Gasteiger partial charge in [-0.1, -0.05) is 30.7 Å². The van der Waals surface area contributed by atoms with Crippen molar-refractivity contribution in [2.24, 2.45) is 5.73 Å². The molecule has 1 amide bonds. The highest BCUT2D eigenvalue weighted by molar-refractivity contribution is 5.98. The van der Waals surface area contributed by atoms with Crippen LogP contribution in [-0.4, -0.2) is 53.9 Å². The number of carbonyl (C=O) groups is 1. The number of aromatic nitrogens is 2. The van der Waals surface area contributed by atoms with Crippen molar-refractivity contribution in [1.82, 2.24) is 9.97 Å². The van der Waals surface area contributed by atoms with Gasteiger partial charge in [-0.2, -0.15) is 4.98 Å². The summed E-state index contributed by atoms with van der Waals surface area (Å²) in [7, 11) is 0. The van der Waals surface area contributed by atoms with E-state index >= 15 is 0 Å². The maximum absolute atomic E-state index is 12.0. The number of anilines is 4. The Morgan fingerprint density at radius 3 is 2.64 bits per heavy atom. The first kappa shape index (κ1) is 23.7. The molecule has 1 aliphatic heterocycles. The fourth-order valence-corrected chi connectivity index (χ4v) is 4.64. The van der Waals surface area contributed by atoms with Crippen LogP contribution in [0, 0.1) is 5.41 Å². The number of nitrogens with two attached hydrogens (primary N) is 1. The Labute approximate surface area is 210 Å². The molecule has 5 rings (SSSR count). The zero-order chi connectivity index (χ0) is 24.9. The fourth-order valence-electron chi connectivity index (χ4n) is 4.64. The molecule has 0 radical (unpaired) electrons. The number of hydrogen-bond donors (Lipinski definition) is 4. The summed E-state index contributed by atoms with van der Waals surface area (Å²) >= 11 is 0. The van der Waals surface area contributed by atoms with E-state index in [2.05, 4.69) is 49.8 Å². The third-order valence-electron chi connectivity index (χ3n) is 6.67. The second-order valence-electron chi connectivity index (χ2n) is 9.14. The number of primary amides is 1. The number of nitrogens with one attached hydrogen (secondary N) is 3. The lowest BCUT2D eigenvalue weighted by Crippen LogP contribution is -2.36. The Hall–Kier alpha value is -3.98. The van der Waals surface area contributed by atoms with Gasteiger partial charge in [-0.25, -0.2) is 4.98 Å². The van der Waals surface area contributed by atoms with Gasteiger partial charge in [0.15, 0.2) is 0 Å². The number of carbonyl (C=O) groups excluding carboxylic acids is 1. The molecular weight excluding hydrogens is 454 g/mol. The minimum atomic E-state index is -0.606. The summed E-state index contributed by atoms with van der Waals surface area (Å²) in [5, 5.41) is 14.6. The van der Waals surface area contributed by atoms with E-state index in [1.54, 1.807) is 0 Å². The second-order valence-corrected chi connectivity index (χ2v) is 9.14. The van der Waals surface area contributed by atoms with E-state index in [-0.39, 0.29) is 11.6 Å². The molecular formula is C27H31N7O2. The molecule has 9 heteroatoms. The zero-order valence-electron chi connectivity index (χ0n) is 20.2. The number of nitrogens with zero attached hydrogens (tertiary/aromatic N) is 3. The van der Waals surface area contributed by atoms with Gasteiger partial charge in [0, 0.05) is 36.4 Å². The molecule has 1 saturated heterocycles. The Morgan fingerprint density at radius 1 is 1.08 bits per heavy atom. The van der Waals surface area contributed by atoms with Crippen LogP contribution >= 0.6 is 0 Å². The lowest BCUT2D eigenvalue weighted by molar-refractivity contribution is 0.100. The molecule has 2 aromatic carbocycles. The molecule has 0 spiro atoms. The van der Waals surface area contributed by atoms with Gasteiger partial charge in [0.1, 0.15) is 11.4 Å². The molecule has 2 heterocycles. The highest BCUT2D eigenvalue weighted by atomic mass is 16.5. The van der Waals surface area contributed by atoms with Crippen LogP contribution in [0.4, 0.5) is 23.1 Å². The standard InChI is InChI=1S/C27H31N7O2/c28-23-6-1-2-7-24(23)32-27-30-17-22(25(29)35)26(33-27)31-20-10-8-18(9-11-20)19-4-3-5-21(16-19)34-12-14-36-15-13-34/h3-5,8-11,16-17,24,28H,1-2,6-7,12-15H2,(H2,29,35)(H2,30,31,32,33)/t24-/m1/s1. The number of rotatable bonds is 7. The van der Waals surface area contributed by atoms with Crippen LogP contribution in [0.2, 0.25) is 0 Å². The first-order valence-electron chi connectivity index (χ1n) is 12.4. The van der Waals surface area contributed by atoms with Crippen molar-refractivity contribution >= 4 is 34.8 Å². The number of hydrogen-bond acceptors (Lipinski definition) is 8. The molecule has 3 aromatic rings. The monoisotopic (exact) mass is 485 g/mol. The molecule has 186 valence electrons. The molecule has 0 bridgehead atoms. The molecule has 0 unspecified atom stereocenters. The maximum atomic E-state index is 12.0. The van der Waals surface area contributed by atoms with Crippen LogP contribution in [0.5, 0.6) is 0 Å². The van der Waals surface area contributed by atoms with E-state index in [4.69, 9.17) is 15.9 Å².